The predicted molar refractivity (Wildman–Crippen MR) is 111 cm³/mol. The van der Waals surface area contributed by atoms with Gasteiger partial charge in [-0.15, -0.1) is 0 Å². The molecule has 29 heavy (non-hydrogen) atoms. The molecule has 3 aromatic rings. The molecule has 7 nitrogen and oxygen atoms in total. The standard InChI is InChI=1S/C22H25N3O4/c1-4-25-19-9-7-6-8-16(19)14-20(25)22(27)24-23-21(26)15(3)29-18-12-10-17(11-13-18)28-5-2/h6-15H,4-5H2,1-3H3,(H,23,26)(H,24,27). The number of nitrogens with one attached hydrogen (secondary N) is 2. The number of hydrazine groups is 1. The van der Waals surface area contributed by atoms with Gasteiger partial charge in [0, 0.05) is 17.4 Å². The molecule has 2 aromatic carbocycles. The van der Waals surface area contributed by atoms with Gasteiger partial charge in [0.05, 0.1) is 6.61 Å². The minimum absolute atomic E-state index is 0.385. The Morgan fingerprint density at radius 2 is 1.69 bits per heavy atom. The van der Waals surface area contributed by atoms with Crippen molar-refractivity contribution >= 4 is 22.7 Å². The van der Waals surface area contributed by atoms with Crippen molar-refractivity contribution < 1.29 is 19.1 Å². The molecular formula is C22H25N3O4. The Bertz CT molecular complexity index is 995. The second-order valence-corrected chi connectivity index (χ2v) is 6.44. The van der Waals surface area contributed by atoms with E-state index in [1.807, 2.05) is 42.7 Å². The molecule has 0 radical (unpaired) electrons. The fourth-order valence-electron chi connectivity index (χ4n) is 3.06. The monoisotopic (exact) mass is 395 g/mol. The van der Waals surface area contributed by atoms with Crippen LogP contribution in [-0.2, 0) is 11.3 Å². The molecule has 0 aliphatic carbocycles. The molecule has 3 rings (SSSR count). The van der Waals surface area contributed by atoms with Gasteiger partial charge in [0.1, 0.15) is 17.2 Å². The predicted octanol–water partition coefficient (Wildman–Crippen LogP) is 3.29. The first-order chi connectivity index (χ1) is 14.0. The van der Waals surface area contributed by atoms with Gasteiger partial charge < -0.3 is 14.0 Å². The lowest BCUT2D eigenvalue weighted by Gasteiger charge is -2.16. The zero-order chi connectivity index (χ0) is 20.8. The molecule has 2 amide bonds. The first kappa shape index (κ1) is 20.3. The number of aromatic nitrogens is 1. The van der Waals surface area contributed by atoms with Gasteiger partial charge in [-0.1, -0.05) is 18.2 Å². The van der Waals surface area contributed by atoms with Crippen LogP contribution in [0.5, 0.6) is 11.5 Å². The summed E-state index contributed by atoms with van der Waals surface area (Å²) in [6, 6.07) is 16.6. The fourth-order valence-corrected chi connectivity index (χ4v) is 3.06. The van der Waals surface area contributed by atoms with Crippen LogP contribution in [0.1, 0.15) is 31.3 Å². The number of nitrogens with zero attached hydrogens (tertiary/aromatic N) is 1. The van der Waals surface area contributed by atoms with Crippen LogP contribution in [-0.4, -0.2) is 29.1 Å². The number of hydrogen-bond acceptors (Lipinski definition) is 4. The number of carbonyl (C=O) groups is 2. The largest absolute Gasteiger partial charge is 0.494 e. The molecule has 1 unspecified atom stereocenters. The minimum Gasteiger partial charge on any atom is -0.494 e. The van der Waals surface area contributed by atoms with E-state index in [0.29, 0.717) is 24.6 Å². The van der Waals surface area contributed by atoms with Crippen molar-refractivity contribution in [1.82, 2.24) is 15.4 Å². The third-order valence-electron chi connectivity index (χ3n) is 4.48. The highest BCUT2D eigenvalue weighted by molar-refractivity contribution is 5.99. The second kappa shape index (κ2) is 9.14. The van der Waals surface area contributed by atoms with E-state index in [-0.39, 0.29) is 5.91 Å². The van der Waals surface area contributed by atoms with Gasteiger partial charge in [0.25, 0.3) is 11.8 Å². The number of benzene rings is 2. The number of carbonyl (C=O) groups excluding carboxylic acids is 2. The van der Waals surface area contributed by atoms with Crippen molar-refractivity contribution in [2.24, 2.45) is 0 Å². The minimum atomic E-state index is -0.787. The number of hydrogen-bond donors (Lipinski definition) is 2. The molecule has 7 heteroatoms. The summed E-state index contributed by atoms with van der Waals surface area (Å²) in [4.78, 5) is 24.9. The SMILES string of the molecule is CCOc1ccc(OC(C)C(=O)NNC(=O)c2cc3ccccc3n2CC)cc1. The summed E-state index contributed by atoms with van der Waals surface area (Å²) in [7, 11) is 0. The lowest BCUT2D eigenvalue weighted by molar-refractivity contribution is -0.128. The second-order valence-electron chi connectivity index (χ2n) is 6.44. The van der Waals surface area contributed by atoms with E-state index in [2.05, 4.69) is 10.9 Å². The quantitative estimate of drug-likeness (QED) is 0.602. The highest BCUT2D eigenvalue weighted by atomic mass is 16.5. The first-order valence-electron chi connectivity index (χ1n) is 9.61. The van der Waals surface area contributed by atoms with Gasteiger partial charge in [0.2, 0.25) is 0 Å². The lowest BCUT2D eigenvalue weighted by Crippen LogP contribution is -2.47. The Morgan fingerprint density at radius 1 is 1.00 bits per heavy atom. The summed E-state index contributed by atoms with van der Waals surface area (Å²) in [5, 5.41) is 0.970. The number of aryl methyl sites for hydroxylation is 1. The van der Waals surface area contributed by atoms with Crippen molar-refractivity contribution in [3.8, 4) is 11.5 Å². The molecule has 1 heterocycles. The molecular weight excluding hydrogens is 370 g/mol. The van der Waals surface area contributed by atoms with Gasteiger partial charge in [-0.2, -0.15) is 0 Å². The van der Waals surface area contributed by atoms with E-state index in [1.165, 1.54) is 0 Å². The summed E-state index contributed by atoms with van der Waals surface area (Å²) in [5.74, 6) is 0.431. The lowest BCUT2D eigenvalue weighted by atomic mass is 10.2. The molecule has 0 bridgehead atoms. The summed E-state index contributed by atoms with van der Waals surface area (Å²) in [5.41, 5.74) is 6.35. The van der Waals surface area contributed by atoms with E-state index < -0.39 is 12.0 Å². The summed E-state index contributed by atoms with van der Waals surface area (Å²) in [6.45, 7) is 6.71. The molecule has 0 aliphatic heterocycles. The van der Waals surface area contributed by atoms with Crippen LogP contribution in [0.15, 0.2) is 54.6 Å². The molecule has 0 aliphatic rings. The normalized spacial score (nSPS) is 11.7. The molecule has 1 aromatic heterocycles. The van der Waals surface area contributed by atoms with Crippen LogP contribution in [0.25, 0.3) is 10.9 Å². The third kappa shape index (κ3) is 4.68. The third-order valence-corrected chi connectivity index (χ3v) is 4.48. The van der Waals surface area contributed by atoms with E-state index in [0.717, 1.165) is 16.7 Å². The number of ether oxygens (including phenoxy) is 2. The zero-order valence-electron chi connectivity index (χ0n) is 16.8. The summed E-state index contributed by atoms with van der Waals surface area (Å²) in [6.07, 6.45) is -0.787. The number of amides is 2. The van der Waals surface area contributed by atoms with Gasteiger partial charge in [0.15, 0.2) is 6.10 Å². The fraction of sp³-hybridized carbons (Fsp3) is 0.273. The smallest absolute Gasteiger partial charge is 0.286 e. The molecule has 0 saturated heterocycles. The van der Waals surface area contributed by atoms with Crippen molar-refractivity contribution in [3.05, 3.63) is 60.3 Å². The van der Waals surface area contributed by atoms with Crippen molar-refractivity contribution in [2.75, 3.05) is 6.61 Å². The van der Waals surface area contributed by atoms with Gasteiger partial charge in [-0.25, -0.2) is 0 Å². The number of para-hydroxylation sites is 1. The highest BCUT2D eigenvalue weighted by Gasteiger charge is 2.18. The van der Waals surface area contributed by atoms with Crippen molar-refractivity contribution in [3.63, 3.8) is 0 Å². The molecule has 0 saturated carbocycles. The average molecular weight is 395 g/mol. The van der Waals surface area contributed by atoms with E-state index in [4.69, 9.17) is 9.47 Å². The van der Waals surface area contributed by atoms with Crippen molar-refractivity contribution in [1.29, 1.82) is 0 Å². The van der Waals surface area contributed by atoms with Crippen LogP contribution >= 0.6 is 0 Å². The Labute approximate surface area is 169 Å². The van der Waals surface area contributed by atoms with E-state index in [1.54, 1.807) is 37.3 Å². The van der Waals surface area contributed by atoms with Crippen molar-refractivity contribution in [2.45, 2.75) is 33.4 Å². The van der Waals surface area contributed by atoms with Crippen LogP contribution in [0.2, 0.25) is 0 Å². The maximum Gasteiger partial charge on any atom is 0.286 e. The number of fused-ring (bicyclic) bond motifs is 1. The van der Waals surface area contributed by atoms with E-state index in [9.17, 15) is 9.59 Å². The molecule has 2 N–H and O–H groups in total. The maximum atomic E-state index is 12.6. The maximum absolute atomic E-state index is 12.6. The topological polar surface area (TPSA) is 81.6 Å². The van der Waals surface area contributed by atoms with Gasteiger partial charge in [-0.3, -0.25) is 20.4 Å². The van der Waals surface area contributed by atoms with Crippen LogP contribution in [0.4, 0.5) is 0 Å². The van der Waals surface area contributed by atoms with Crippen LogP contribution in [0.3, 0.4) is 0 Å². The number of rotatable bonds is 7. The molecule has 0 fully saturated rings. The first-order valence-corrected chi connectivity index (χ1v) is 9.61. The zero-order valence-corrected chi connectivity index (χ0v) is 16.8. The Kier molecular flexibility index (Phi) is 6.39. The Morgan fingerprint density at radius 3 is 2.38 bits per heavy atom. The molecule has 0 spiro atoms. The Balaban J connectivity index is 1.59. The van der Waals surface area contributed by atoms with Crippen LogP contribution in [0, 0.1) is 0 Å². The molecule has 152 valence electrons. The Hall–Kier alpha value is -3.48. The average Bonchev–Trinajstić information content (AvgIpc) is 3.12. The van der Waals surface area contributed by atoms with Gasteiger partial charge >= 0.3 is 0 Å². The molecule has 1 atom stereocenters. The van der Waals surface area contributed by atoms with Gasteiger partial charge in [-0.05, 0) is 57.2 Å². The van der Waals surface area contributed by atoms with E-state index >= 15 is 0 Å². The van der Waals surface area contributed by atoms with Crippen LogP contribution < -0.4 is 20.3 Å². The highest BCUT2D eigenvalue weighted by Crippen LogP contribution is 2.20. The summed E-state index contributed by atoms with van der Waals surface area (Å²) >= 11 is 0. The summed E-state index contributed by atoms with van der Waals surface area (Å²) < 4.78 is 12.9.